The Hall–Kier alpha value is -2.84. The van der Waals surface area contributed by atoms with Gasteiger partial charge < -0.3 is 4.52 Å². The Morgan fingerprint density at radius 3 is 2.28 bits per heavy atom. The zero-order valence-electron chi connectivity index (χ0n) is 8.79. The van der Waals surface area contributed by atoms with Crippen molar-refractivity contribution in [1.29, 1.82) is 0 Å². The predicted octanol–water partition coefficient (Wildman–Crippen LogP) is 1.29. The predicted molar refractivity (Wildman–Crippen MR) is 56.5 cm³/mol. The van der Waals surface area contributed by atoms with E-state index in [0.29, 0.717) is 5.56 Å². The molecule has 9 heteroatoms. The minimum absolute atomic E-state index is 0.0688. The topological polar surface area (TPSA) is 125 Å². The van der Waals surface area contributed by atoms with Crippen LogP contribution >= 0.6 is 0 Å². The first kappa shape index (κ1) is 11.6. The molecule has 0 saturated heterocycles. The highest BCUT2D eigenvalue weighted by Gasteiger charge is 2.41. The summed E-state index contributed by atoms with van der Waals surface area (Å²) in [5.74, 6) is -0.580. The van der Waals surface area contributed by atoms with Crippen molar-refractivity contribution >= 4 is 0 Å². The van der Waals surface area contributed by atoms with Gasteiger partial charge in [0.1, 0.15) is 9.85 Å². The van der Waals surface area contributed by atoms with Crippen molar-refractivity contribution in [1.82, 2.24) is 10.1 Å². The molecule has 0 fully saturated rings. The van der Waals surface area contributed by atoms with Crippen LogP contribution in [0.5, 0.6) is 0 Å². The lowest BCUT2D eigenvalue weighted by atomic mass is 10.2. The van der Waals surface area contributed by atoms with Gasteiger partial charge in [-0.15, -0.1) is 0 Å². The molecule has 0 N–H and O–H groups in total. The highest BCUT2D eigenvalue weighted by Crippen LogP contribution is 2.20. The monoisotopic (exact) mass is 250 g/mol. The van der Waals surface area contributed by atoms with Gasteiger partial charge in [0.15, 0.2) is 0 Å². The molecular formula is C9H6N4O5. The molecule has 0 aliphatic heterocycles. The van der Waals surface area contributed by atoms with Crippen molar-refractivity contribution in [3.8, 4) is 11.4 Å². The van der Waals surface area contributed by atoms with Crippen LogP contribution in [0.4, 0.5) is 0 Å². The molecule has 2 aromatic rings. The average molecular weight is 250 g/mol. The number of hydrogen-bond acceptors (Lipinski definition) is 7. The lowest BCUT2D eigenvalue weighted by Gasteiger charge is -1.94. The van der Waals surface area contributed by atoms with Crippen molar-refractivity contribution in [3.63, 3.8) is 0 Å². The van der Waals surface area contributed by atoms with Gasteiger partial charge in [0.25, 0.3) is 0 Å². The normalized spacial score (nSPS) is 10.5. The molecule has 9 nitrogen and oxygen atoms in total. The molecule has 18 heavy (non-hydrogen) atoms. The van der Waals surface area contributed by atoms with Crippen LogP contribution in [0.1, 0.15) is 12.1 Å². The maximum Gasteiger partial charge on any atom is 0.527 e. The lowest BCUT2D eigenvalue weighted by Crippen LogP contribution is -2.19. The third-order valence-corrected chi connectivity index (χ3v) is 2.09. The Morgan fingerprint density at radius 2 is 1.72 bits per heavy atom. The van der Waals surface area contributed by atoms with Gasteiger partial charge in [-0.05, 0) is 0 Å². The standard InChI is InChI=1S/C9H6N4O5/c14-12(15)9(13(16)17)8-10-7(11-18-8)6-4-2-1-3-5-6/h1-5,9H. The van der Waals surface area contributed by atoms with E-state index in [1.54, 1.807) is 30.3 Å². The summed E-state index contributed by atoms with van der Waals surface area (Å²) < 4.78 is 4.56. The molecule has 1 aromatic carbocycles. The fraction of sp³-hybridized carbons (Fsp3) is 0.111. The van der Waals surface area contributed by atoms with Crippen molar-refractivity contribution < 1.29 is 14.4 Å². The van der Waals surface area contributed by atoms with Crippen LogP contribution in [0.3, 0.4) is 0 Å². The summed E-state index contributed by atoms with van der Waals surface area (Å²) in [6, 6.07) is 8.50. The molecule has 0 amide bonds. The van der Waals surface area contributed by atoms with Gasteiger partial charge in [-0.1, -0.05) is 35.5 Å². The van der Waals surface area contributed by atoms with E-state index < -0.39 is 21.9 Å². The van der Waals surface area contributed by atoms with Gasteiger partial charge >= 0.3 is 12.1 Å². The summed E-state index contributed by atoms with van der Waals surface area (Å²) in [5, 5.41) is 24.5. The third-order valence-electron chi connectivity index (χ3n) is 2.09. The van der Waals surface area contributed by atoms with E-state index in [1.165, 1.54) is 0 Å². The molecule has 0 unspecified atom stereocenters. The Morgan fingerprint density at radius 1 is 1.11 bits per heavy atom. The van der Waals surface area contributed by atoms with Gasteiger partial charge in [-0.25, -0.2) is 0 Å². The molecule has 1 aromatic heterocycles. The average Bonchev–Trinajstić information content (AvgIpc) is 2.78. The summed E-state index contributed by atoms with van der Waals surface area (Å²) in [7, 11) is 0. The fourth-order valence-corrected chi connectivity index (χ4v) is 1.30. The number of nitro groups is 2. The fourth-order valence-electron chi connectivity index (χ4n) is 1.30. The summed E-state index contributed by atoms with van der Waals surface area (Å²) in [5.41, 5.74) is 0.554. The van der Waals surface area contributed by atoms with Crippen molar-refractivity contribution in [2.75, 3.05) is 0 Å². The minimum atomic E-state index is -2.24. The number of aromatic nitrogens is 2. The van der Waals surface area contributed by atoms with E-state index in [4.69, 9.17) is 0 Å². The van der Waals surface area contributed by atoms with Crippen LogP contribution < -0.4 is 0 Å². The summed E-state index contributed by atoms with van der Waals surface area (Å²) in [4.78, 5) is 22.5. The molecule has 92 valence electrons. The summed E-state index contributed by atoms with van der Waals surface area (Å²) in [6.07, 6.45) is -2.24. The minimum Gasteiger partial charge on any atom is -0.323 e. The van der Waals surface area contributed by atoms with Crippen molar-refractivity contribution in [2.24, 2.45) is 0 Å². The Kier molecular flexibility index (Phi) is 2.96. The highest BCUT2D eigenvalue weighted by molar-refractivity contribution is 5.53. The summed E-state index contributed by atoms with van der Waals surface area (Å²) >= 11 is 0. The van der Waals surface area contributed by atoms with E-state index in [0.717, 1.165) is 0 Å². The third kappa shape index (κ3) is 2.14. The van der Waals surface area contributed by atoms with E-state index in [1.807, 2.05) is 0 Å². The van der Waals surface area contributed by atoms with Crippen LogP contribution in [-0.4, -0.2) is 20.0 Å². The Balaban J connectivity index is 2.36. The van der Waals surface area contributed by atoms with E-state index in [9.17, 15) is 20.2 Å². The number of nitrogens with zero attached hydrogens (tertiary/aromatic N) is 4. The van der Waals surface area contributed by atoms with E-state index in [-0.39, 0.29) is 5.82 Å². The van der Waals surface area contributed by atoms with Crippen LogP contribution in [-0.2, 0) is 0 Å². The zero-order valence-corrected chi connectivity index (χ0v) is 8.79. The quantitative estimate of drug-likeness (QED) is 0.454. The number of benzene rings is 1. The largest absolute Gasteiger partial charge is 0.527 e. The highest BCUT2D eigenvalue weighted by atomic mass is 16.7. The Bertz CT molecular complexity index is 568. The molecule has 0 aliphatic carbocycles. The second-order valence-electron chi connectivity index (χ2n) is 3.27. The molecule has 0 saturated carbocycles. The van der Waals surface area contributed by atoms with Gasteiger partial charge in [-0.2, -0.15) is 4.98 Å². The number of rotatable bonds is 4. The molecule has 1 heterocycles. The van der Waals surface area contributed by atoms with Gasteiger partial charge in [0.05, 0.1) is 0 Å². The molecule has 0 spiro atoms. The lowest BCUT2D eigenvalue weighted by molar-refractivity contribution is -0.756. The van der Waals surface area contributed by atoms with E-state index >= 15 is 0 Å². The number of hydrogen-bond donors (Lipinski definition) is 0. The first-order valence-corrected chi connectivity index (χ1v) is 4.75. The first-order valence-electron chi connectivity index (χ1n) is 4.75. The van der Waals surface area contributed by atoms with E-state index in [2.05, 4.69) is 14.7 Å². The first-order chi connectivity index (χ1) is 8.59. The molecule has 0 atom stereocenters. The van der Waals surface area contributed by atoms with Gasteiger partial charge in [0.2, 0.25) is 5.82 Å². The van der Waals surface area contributed by atoms with Crippen LogP contribution in [0.2, 0.25) is 0 Å². The van der Waals surface area contributed by atoms with Crippen LogP contribution in [0, 0.1) is 20.2 Å². The molecular weight excluding hydrogens is 244 g/mol. The van der Waals surface area contributed by atoms with Gasteiger partial charge in [0, 0.05) is 5.56 Å². The zero-order chi connectivity index (χ0) is 13.1. The van der Waals surface area contributed by atoms with Crippen LogP contribution in [0.15, 0.2) is 34.9 Å². The van der Waals surface area contributed by atoms with Crippen LogP contribution in [0.25, 0.3) is 11.4 Å². The second-order valence-corrected chi connectivity index (χ2v) is 3.27. The molecule has 0 bridgehead atoms. The molecule has 2 rings (SSSR count). The maximum atomic E-state index is 10.5. The van der Waals surface area contributed by atoms with Gasteiger partial charge in [-0.3, -0.25) is 20.2 Å². The maximum absolute atomic E-state index is 10.5. The molecule has 0 radical (unpaired) electrons. The van der Waals surface area contributed by atoms with Crippen molar-refractivity contribution in [3.05, 3.63) is 56.5 Å². The van der Waals surface area contributed by atoms with Crippen molar-refractivity contribution in [2.45, 2.75) is 6.17 Å². The SMILES string of the molecule is O=[N+]([O-])C(c1nc(-c2ccccc2)no1)[N+](=O)[O-]. The summed E-state index contributed by atoms with van der Waals surface area (Å²) in [6.45, 7) is 0. The molecule has 0 aliphatic rings. The second kappa shape index (κ2) is 4.57. The smallest absolute Gasteiger partial charge is 0.323 e. The Labute approximate surface area is 99.3 Å².